The molecular weight excluding hydrogens is 334 g/mol. The molecule has 1 aliphatic rings. The summed E-state index contributed by atoms with van der Waals surface area (Å²) in [5, 5.41) is 9.17. The monoisotopic (exact) mass is 355 g/mol. The van der Waals surface area contributed by atoms with Crippen LogP contribution in [0.15, 0.2) is 47.4 Å². The van der Waals surface area contributed by atoms with Crippen molar-refractivity contribution in [1.82, 2.24) is 0 Å². The van der Waals surface area contributed by atoms with Gasteiger partial charge in [-0.25, -0.2) is 8.42 Å². The van der Waals surface area contributed by atoms with Gasteiger partial charge in [-0.2, -0.15) is 5.26 Å². The highest BCUT2D eigenvalue weighted by atomic mass is 32.2. The number of benzene rings is 2. The van der Waals surface area contributed by atoms with Crippen molar-refractivity contribution in [2.75, 3.05) is 22.7 Å². The Bertz CT molecular complexity index is 911. The van der Waals surface area contributed by atoms with E-state index in [1.54, 1.807) is 12.1 Å². The van der Waals surface area contributed by atoms with E-state index in [4.69, 9.17) is 5.26 Å². The van der Waals surface area contributed by atoms with Crippen LogP contribution >= 0.6 is 0 Å². The molecule has 3 rings (SSSR count). The first-order chi connectivity index (χ1) is 12.0. The number of aryl methyl sites for hydroxylation is 1. The lowest BCUT2D eigenvalue weighted by molar-refractivity contribution is 0.578. The molecule has 5 nitrogen and oxygen atoms in total. The summed E-state index contributed by atoms with van der Waals surface area (Å²) in [6, 6.07) is 14.0. The van der Waals surface area contributed by atoms with Crippen molar-refractivity contribution >= 4 is 21.4 Å². The third-order valence-corrected chi connectivity index (χ3v) is 5.91. The second-order valence-corrected chi connectivity index (χ2v) is 7.91. The second kappa shape index (κ2) is 7.16. The summed E-state index contributed by atoms with van der Waals surface area (Å²) in [7, 11) is -3.82. The topological polar surface area (TPSA) is 73.2 Å². The largest absolute Gasteiger partial charge is 0.371 e. The van der Waals surface area contributed by atoms with E-state index >= 15 is 0 Å². The smallest absolute Gasteiger partial charge is 0.263 e. The van der Waals surface area contributed by atoms with Crippen molar-refractivity contribution in [1.29, 1.82) is 5.26 Å². The highest BCUT2D eigenvalue weighted by molar-refractivity contribution is 7.92. The first-order valence-electron chi connectivity index (χ1n) is 8.39. The van der Waals surface area contributed by atoms with Gasteiger partial charge in [-0.3, -0.25) is 4.72 Å². The zero-order valence-corrected chi connectivity index (χ0v) is 15.0. The van der Waals surface area contributed by atoms with Crippen LogP contribution in [0.4, 0.5) is 11.4 Å². The Hall–Kier alpha value is -2.52. The lowest BCUT2D eigenvalue weighted by Crippen LogP contribution is -2.29. The van der Waals surface area contributed by atoms with E-state index in [2.05, 4.69) is 9.62 Å². The van der Waals surface area contributed by atoms with Gasteiger partial charge in [0.05, 0.1) is 11.3 Å². The summed E-state index contributed by atoms with van der Waals surface area (Å²) in [6.45, 7) is 3.85. The Balaban J connectivity index is 1.93. The second-order valence-electron chi connectivity index (χ2n) is 6.26. The van der Waals surface area contributed by atoms with Crippen LogP contribution in [0.3, 0.4) is 0 Å². The van der Waals surface area contributed by atoms with Gasteiger partial charge >= 0.3 is 0 Å². The minimum Gasteiger partial charge on any atom is -0.371 e. The molecule has 0 aliphatic carbocycles. The molecule has 1 aliphatic heterocycles. The summed E-state index contributed by atoms with van der Waals surface area (Å²) in [6.07, 6.45) is 3.56. The molecule has 1 fully saturated rings. The number of hydrogen-bond acceptors (Lipinski definition) is 4. The molecule has 1 heterocycles. The maximum atomic E-state index is 12.7. The molecule has 0 amide bonds. The Labute approximate surface area is 149 Å². The van der Waals surface area contributed by atoms with Gasteiger partial charge in [-0.1, -0.05) is 18.2 Å². The van der Waals surface area contributed by atoms with Gasteiger partial charge in [-0.05, 0) is 56.0 Å². The number of anilines is 2. The van der Waals surface area contributed by atoms with E-state index in [0.717, 1.165) is 37.2 Å². The van der Waals surface area contributed by atoms with Gasteiger partial charge in [0.15, 0.2) is 0 Å². The number of sulfonamides is 1. The lowest BCUT2D eigenvalue weighted by Gasteiger charge is -2.29. The van der Waals surface area contributed by atoms with Crippen molar-refractivity contribution in [3.63, 3.8) is 0 Å². The zero-order chi connectivity index (χ0) is 17.9. The van der Waals surface area contributed by atoms with Crippen molar-refractivity contribution in [3.05, 3.63) is 53.6 Å². The SMILES string of the molecule is Cc1ccc(N2CCCCC2)cc1NS(=O)(=O)c1ccccc1C#N. The summed E-state index contributed by atoms with van der Waals surface area (Å²) < 4.78 is 28.1. The Morgan fingerprint density at radius 3 is 2.52 bits per heavy atom. The van der Waals surface area contributed by atoms with Crippen molar-refractivity contribution in [2.24, 2.45) is 0 Å². The van der Waals surface area contributed by atoms with Crippen LogP contribution < -0.4 is 9.62 Å². The van der Waals surface area contributed by atoms with E-state index in [9.17, 15) is 8.42 Å². The molecule has 25 heavy (non-hydrogen) atoms. The van der Waals surface area contributed by atoms with E-state index in [0.29, 0.717) is 5.69 Å². The van der Waals surface area contributed by atoms with Crippen LogP contribution in [-0.2, 0) is 10.0 Å². The van der Waals surface area contributed by atoms with Gasteiger partial charge < -0.3 is 4.90 Å². The highest BCUT2D eigenvalue weighted by Crippen LogP contribution is 2.28. The predicted molar refractivity (Wildman–Crippen MR) is 99.2 cm³/mol. The maximum absolute atomic E-state index is 12.7. The van der Waals surface area contributed by atoms with Crippen molar-refractivity contribution < 1.29 is 8.42 Å². The summed E-state index contributed by atoms with van der Waals surface area (Å²) >= 11 is 0. The van der Waals surface area contributed by atoms with Crippen LogP contribution in [-0.4, -0.2) is 21.5 Å². The van der Waals surface area contributed by atoms with Crippen LogP contribution in [0.2, 0.25) is 0 Å². The predicted octanol–water partition coefficient (Wildman–Crippen LogP) is 3.66. The lowest BCUT2D eigenvalue weighted by atomic mass is 10.1. The van der Waals surface area contributed by atoms with Crippen LogP contribution in [0.1, 0.15) is 30.4 Å². The average molecular weight is 355 g/mol. The van der Waals surface area contributed by atoms with Crippen molar-refractivity contribution in [2.45, 2.75) is 31.1 Å². The van der Waals surface area contributed by atoms with Crippen molar-refractivity contribution in [3.8, 4) is 6.07 Å². The number of nitrogens with zero attached hydrogens (tertiary/aromatic N) is 2. The molecule has 2 aromatic carbocycles. The fourth-order valence-corrected chi connectivity index (χ4v) is 4.34. The average Bonchev–Trinajstić information content (AvgIpc) is 2.64. The highest BCUT2D eigenvalue weighted by Gasteiger charge is 2.20. The molecule has 1 N–H and O–H groups in total. The number of hydrogen-bond donors (Lipinski definition) is 1. The van der Waals surface area contributed by atoms with Gasteiger partial charge in [0.2, 0.25) is 0 Å². The van der Waals surface area contributed by atoms with Crippen LogP contribution in [0.25, 0.3) is 0 Å². The molecule has 1 saturated heterocycles. The minimum atomic E-state index is -3.82. The number of nitrogens with one attached hydrogen (secondary N) is 1. The first-order valence-corrected chi connectivity index (χ1v) is 9.87. The van der Waals surface area contributed by atoms with Gasteiger partial charge in [0.25, 0.3) is 10.0 Å². The fraction of sp³-hybridized carbons (Fsp3) is 0.316. The van der Waals surface area contributed by atoms with Gasteiger partial charge in [0.1, 0.15) is 11.0 Å². The summed E-state index contributed by atoms with van der Waals surface area (Å²) in [4.78, 5) is 2.28. The molecule has 0 radical (unpaired) electrons. The van der Waals surface area contributed by atoms with Gasteiger partial charge in [-0.15, -0.1) is 0 Å². The fourth-order valence-electron chi connectivity index (χ4n) is 3.06. The normalized spacial score (nSPS) is 14.8. The summed E-state index contributed by atoms with van der Waals surface area (Å²) in [5.74, 6) is 0. The summed E-state index contributed by atoms with van der Waals surface area (Å²) in [5.41, 5.74) is 2.56. The molecular formula is C19H21N3O2S. The number of rotatable bonds is 4. The molecule has 130 valence electrons. The Kier molecular flexibility index (Phi) is 4.95. The molecule has 0 bridgehead atoms. The Morgan fingerprint density at radius 1 is 1.08 bits per heavy atom. The standard InChI is InChI=1S/C19H21N3O2S/c1-15-9-10-17(22-11-5-2-6-12-22)13-18(15)21-25(23,24)19-8-4-3-7-16(19)14-20/h3-4,7-10,13,21H,2,5-6,11-12H2,1H3. The third kappa shape index (κ3) is 3.77. The van der Waals surface area contributed by atoms with E-state index in [1.807, 2.05) is 31.2 Å². The molecule has 0 spiro atoms. The number of nitriles is 1. The maximum Gasteiger partial charge on any atom is 0.263 e. The molecule has 6 heteroatoms. The molecule has 0 aromatic heterocycles. The van der Waals surface area contributed by atoms with E-state index < -0.39 is 10.0 Å². The minimum absolute atomic E-state index is 0.000255. The molecule has 0 atom stereocenters. The third-order valence-electron chi connectivity index (χ3n) is 4.48. The van der Waals surface area contributed by atoms with Gasteiger partial charge in [0, 0.05) is 18.8 Å². The first kappa shape index (κ1) is 17.3. The van der Waals surface area contributed by atoms with E-state index in [1.165, 1.54) is 18.6 Å². The quantitative estimate of drug-likeness (QED) is 0.908. The molecule has 0 unspecified atom stereocenters. The van der Waals surface area contributed by atoms with Crippen LogP contribution in [0.5, 0.6) is 0 Å². The van der Waals surface area contributed by atoms with E-state index in [-0.39, 0.29) is 10.5 Å². The molecule has 0 saturated carbocycles. The molecule has 2 aromatic rings. The number of piperidine rings is 1. The van der Waals surface area contributed by atoms with Crippen LogP contribution in [0, 0.1) is 18.3 Å². The Morgan fingerprint density at radius 2 is 1.80 bits per heavy atom. The zero-order valence-electron chi connectivity index (χ0n) is 14.2.